The number of benzene rings is 8. The number of aromatic nitrogens is 3. The lowest BCUT2D eigenvalue weighted by Gasteiger charge is -2.10. The molecule has 0 radical (unpaired) electrons. The smallest absolute Gasteiger partial charge is 0.0547 e. The third-order valence-electron chi connectivity index (χ3n) is 11.1. The van der Waals surface area contributed by atoms with E-state index in [0.717, 1.165) is 5.69 Å². The first kappa shape index (κ1) is 28.9. The Labute approximate surface area is 300 Å². The molecule has 3 nitrogen and oxygen atoms in total. The zero-order valence-electron chi connectivity index (χ0n) is 28.7. The van der Waals surface area contributed by atoms with E-state index in [1.807, 2.05) is 0 Å². The van der Waals surface area contributed by atoms with Gasteiger partial charge in [0.15, 0.2) is 0 Å². The molecule has 0 aliphatic carbocycles. The summed E-state index contributed by atoms with van der Waals surface area (Å²) in [5.74, 6) is 0. The third kappa shape index (κ3) is 4.20. The first-order chi connectivity index (χ1) is 25.7. The van der Waals surface area contributed by atoms with Gasteiger partial charge in [0.1, 0.15) is 0 Å². The summed E-state index contributed by atoms with van der Waals surface area (Å²) in [4.78, 5) is 0. The minimum atomic E-state index is 1.16. The Balaban J connectivity index is 1.11. The maximum atomic E-state index is 2.42. The van der Waals surface area contributed by atoms with Crippen molar-refractivity contribution in [3.8, 4) is 33.6 Å². The number of hydrogen-bond donors (Lipinski definition) is 0. The fraction of sp³-hybridized carbons (Fsp3) is 0.0204. The fourth-order valence-corrected chi connectivity index (χ4v) is 8.58. The lowest BCUT2D eigenvalue weighted by atomic mass is 9.99. The molecule has 0 fully saturated rings. The summed E-state index contributed by atoms with van der Waals surface area (Å²) in [5.41, 5.74) is 14.5. The molecule has 52 heavy (non-hydrogen) atoms. The molecule has 0 atom stereocenters. The molecule has 0 bridgehead atoms. The average molecular weight is 664 g/mol. The van der Waals surface area contributed by atoms with Gasteiger partial charge in [0.25, 0.3) is 0 Å². The summed E-state index contributed by atoms with van der Waals surface area (Å²) < 4.78 is 7.13. The summed E-state index contributed by atoms with van der Waals surface area (Å²) in [5, 5.41) is 7.60. The van der Waals surface area contributed by atoms with Crippen LogP contribution in [0.5, 0.6) is 0 Å². The van der Waals surface area contributed by atoms with Gasteiger partial charge in [-0.2, -0.15) is 0 Å². The van der Waals surface area contributed by atoms with Gasteiger partial charge in [0.05, 0.1) is 22.1 Å². The highest BCUT2D eigenvalue weighted by Crippen LogP contribution is 2.40. The second-order valence-electron chi connectivity index (χ2n) is 13.9. The molecule has 11 aromatic rings. The van der Waals surface area contributed by atoms with Gasteiger partial charge >= 0.3 is 0 Å². The molecule has 244 valence electrons. The van der Waals surface area contributed by atoms with Crippen molar-refractivity contribution >= 4 is 65.4 Å². The van der Waals surface area contributed by atoms with E-state index in [2.05, 4.69) is 203 Å². The van der Waals surface area contributed by atoms with E-state index in [-0.39, 0.29) is 0 Å². The predicted octanol–water partition coefficient (Wildman–Crippen LogP) is 12.9. The van der Waals surface area contributed by atoms with Crippen LogP contribution >= 0.6 is 0 Å². The Kier molecular flexibility index (Phi) is 6.17. The van der Waals surface area contributed by atoms with E-state index in [4.69, 9.17) is 0 Å². The molecule has 0 aliphatic heterocycles. The van der Waals surface area contributed by atoms with Gasteiger partial charge in [0.2, 0.25) is 0 Å². The highest BCUT2D eigenvalue weighted by molar-refractivity contribution is 6.13. The number of para-hydroxylation sites is 4. The van der Waals surface area contributed by atoms with Crippen LogP contribution in [0.15, 0.2) is 182 Å². The predicted molar refractivity (Wildman–Crippen MR) is 220 cm³/mol. The monoisotopic (exact) mass is 663 g/mol. The molecule has 3 heterocycles. The van der Waals surface area contributed by atoms with Crippen LogP contribution in [-0.4, -0.2) is 13.7 Å². The number of fused-ring (bicyclic) bond motifs is 9. The van der Waals surface area contributed by atoms with Gasteiger partial charge in [-0.15, -0.1) is 0 Å². The Morgan fingerprint density at radius 2 is 0.654 bits per heavy atom. The van der Waals surface area contributed by atoms with Gasteiger partial charge < -0.3 is 13.7 Å². The van der Waals surface area contributed by atoms with Gasteiger partial charge in [-0.05, 0) is 89.0 Å². The third-order valence-corrected chi connectivity index (χ3v) is 11.1. The molecule has 0 amide bonds. The first-order valence-electron chi connectivity index (χ1n) is 17.9. The Bertz CT molecular complexity index is 3180. The van der Waals surface area contributed by atoms with Crippen molar-refractivity contribution in [1.82, 2.24) is 13.7 Å². The van der Waals surface area contributed by atoms with E-state index in [1.165, 1.54) is 93.4 Å². The van der Waals surface area contributed by atoms with Crippen LogP contribution in [0.3, 0.4) is 0 Å². The average Bonchev–Trinajstić information content (AvgIpc) is 3.82. The SMILES string of the molecule is Cn1c2ccccc2c2ccc(-c3ccc4c5cc(-c6ccc7c8ccccc8n(-c8ccccc8)c7c6)ccc5n(-c5ccccc5)c4c3)cc21. The molecule has 3 aromatic heterocycles. The Morgan fingerprint density at radius 3 is 1.25 bits per heavy atom. The van der Waals surface area contributed by atoms with E-state index in [0.29, 0.717) is 0 Å². The molecule has 0 unspecified atom stereocenters. The van der Waals surface area contributed by atoms with E-state index >= 15 is 0 Å². The summed E-state index contributed by atoms with van der Waals surface area (Å²) in [6, 6.07) is 66.6. The minimum Gasteiger partial charge on any atom is -0.344 e. The van der Waals surface area contributed by atoms with Crippen LogP contribution in [-0.2, 0) is 7.05 Å². The zero-order chi connectivity index (χ0) is 34.3. The Morgan fingerprint density at radius 1 is 0.269 bits per heavy atom. The van der Waals surface area contributed by atoms with Crippen LogP contribution in [0.1, 0.15) is 0 Å². The standard InChI is InChI=1S/C49H33N3/c1-50-44-18-10-8-16-38(44)40-24-20-33(29-47(40)50)35-22-26-42-43-28-32(23-27-46(43)52(49(42)31-35)37-14-6-3-7-15-37)34-21-25-41-39-17-9-11-19-45(39)51(48(41)30-34)36-12-4-2-5-13-36/h2-31H,1H3. The van der Waals surface area contributed by atoms with Crippen LogP contribution in [0, 0.1) is 0 Å². The Hall–Kier alpha value is -6.84. The summed E-state index contributed by atoms with van der Waals surface area (Å²) in [6.45, 7) is 0. The number of nitrogens with zero attached hydrogens (tertiary/aromatic N) is 3. The minimum absolute atomic E-state index is 1.16. The number of hydrogen-bond acceptors (Lipinski definition) is 0. The normalized spacial score (nSPS) is 11.9. The lowest BCUT2D eigenvalue weighted by Crippen LogP contribution is -1.94. The van der Waals surface area contributed by atoms with E-state index in [9.17, 15) is 0 Å². The molecule has 0 spiro atoms. The van der Waals surface area contributed by atoms with Crippen molar-refractivity contribution in [2.24, 2.45) is 7.05 Å². The van der Waals surface area contributed by atoms with Crippen molar-refractivity contribution in [2.45, 2.75) is 0 Å². The fourth-order valence-electron chi connectivity index (χ4n) is 8.58. The molecular weight excluding hydrogens is 631 g/mol. The maximum absolute atomic E-state index is 2.42. The van der Waals surface area contributed by atoms with Crippen molar-refractivity contribution in [2.75, 3.05) is 0 Å². The van der Waals surface area contributed by atoms with Gasteiger partial charge in [-0.25, -0.2) is 0 Å². The van der Waals surface area contributed by atoms with Crippen molar-refractivity contribution in [1.29, 1.82) is 0 Å². The zero-order valence-corrected chi connectivity index (χ0v) is 28.7. The van der Waals surface area contributed by atoms with Crippen LogP contribution in [0.4, 0.5) is 0 Å². The van der Waals surface area contributed by atoms with Crippen molar-refractivity contribution < 1.29 is 0 Å². The van der Waals surface area contributed by atoms with E-state index < -0.39 is 0 Å². The van der Waals surface area contributed by atoms with Crippen LogP contribution < -0.4 is 0 Å². The second-order valence-corrected chi connectivity index (χ2v) is 13.9. The molecule has 0 aliphatic rings. The van der Waals surface area contributed by atoms with E-state index in [1.54, 1.807) is 0 Å². The summed E-state index contributed by atoms with van der Waals surface area (Å²) in [7, 11) is 2.17. The molecule has 0 saturated carbocycles. The van der Waals surface area contributed by atoms with Crippen LogP contribution in [0.25, 0.3) is 99.0 Å². The molecule has 0 N–H and O–H groups in total. The highest BCUT2D eigenvalue weighted by atomic mass is 15.0. The molecule has 3 heteroatoms. The lowest BCUT2D eigenvalue weighted by molar-refractivity contribution is 1.01. The van der Waals surface area contributed by atoms with Crippen LogP contribution in [0.2, 0.25) is 0 Å². The molecule has 11 rings (SSSR count). The highest BCUT2D eigenvalue weighted by Gasteiger charge is 2.17. The maximum Gasteiger partial charge on any atom is 0.0547 e. The van der Waals surface area contributed by atoms with Gasteiger partial charge in [-0.3, -0.25) is 0 Å². The van der Waals surface area contributed by atoms with Gasteiger partial charge in [-0.1, -0.05) is 115 Å². The molecule has 8 aromatic carbocycles. The molecule has 0 saturated heterocycles. The quantitative estimate of drug-likeness (QED) is 0.178. The molecular formula is C49H33N3. The number of aryl methyl sites for hydroxylation is 1. The number of rotatable bonds is 4. The van der Waals surface area contributed by atoms with Gasteiger partial charge in [0, 0.05) is 61.8 Å². The first-order valence-corrected chi connectivity index (χ1v) is 17.9. The topological polar surface area (TPSA) is 14.8 Å². The second kappa shape index (κ2) is 11.1. The van der Waals surface area contributed by atoms with Crippen molar-refractivity contribution in [3.05, 3.63) is 182 Å². The summed E-state index contributed by atoms with van der Waals surface area (Å²) in [6.07, 6.45) is 0. The summed E-state index contributed by atoms with van der Waals surface area (Å²) >= 11 is 0. The van der Waals surface area contributed by atoms with Crippen molar-refractivity contribution in [3.63, 3.8) is 0 Å². The largest absolute Gasteiger partial charge is 0.344 e.